The monoisotopic (exact) mass is 291 g/mol. The van der Waals surface area contributed by atoms with Crippen LogP contribution in [0, 0.1) is 5.82 Å². The van der Waals surface area contributed by atoms with Crippen LogP contribution in [0.1, 0.15) is 10.4 Å². The highest BCUT2D eigenvalue weighted by atomic mass is 79.9. The van der Waals surface area contributed by atoms with Crippen LogP contribution >= 0.6 is 15.9 Å². The molecule has 0 aliphatic rings. The maximum atomic E-state index is 13.1. The van der Waals surface area contributed by atoms with Crippen molar-refractivity contribution in [2.24, 2.45) is 0 Å². The summed E-state index contributed by atoms with van der Waals surface area (Å²) in [6.45, 7) is 0.607. The van der Waals surface area contributed by atoms with Gasteiger partial charge in [0.2, 0.25) is 0 Å². The molecule has 16 heavy (non-hydrogen) atoms. The number of benzene rings is 1. The van der Waals surface area contributed by atoms with Crippen molar-refractivity contribution in [3.63, 3.8) is 0 Å². The van der Waals surface area contributed by atoms with E-state index in [0.717, 1.165) is 6.07 Å². The van der Waals surface area contributed by atoms with Crippen molar-refractivity contribution < 1.29 is 18.8 Å². The number of hydrogen-bond acceptors (Lipinski definition) is 3. The van der Waals surface area contributed by atoms with Gasteiger partial charge in [0.25, 0.3) is 5.91 Å². The lowest BCUT2D eigenvalue weighted by Crippen LogP contribution is -2.25. The highest BCUT2D eigenvalue weighted by Gasteiger charge is 2.08. The van der Waals surface area contributed by atoms with Crippen molar-refractivity contribution in [2.45, 2.75) is 0 Å². The molecule has 1 aromatic carbocycles. The minimum Gasteiger partial charge on any atom is -0.382 e. The lowest BCUT2D eigenvalue weighted by Gasteiger charge is -2.05. The Kier molecular flexibility index (Phi) is 5.37. The number of nitrogens with one attached hydrogen (secondary N) is 1. The molecule has 0 saturated carbocycles. The zero-order valence-corrected chi connectivity index (χ0v) is 10.2. The van der Waals surface area contributed by atoms with Crippen molar-refractivity contribution in [3.8, 4) is 0 Å². The van der Waals surface area contributed by atoms with Crippen LogP contribution in [0.25, 0.3) is 0 Å². The van der Waals surface area contributed by atoms with Gasteiger partial charge in [0.1, 0.15) is 5.82 Å². The van der Waals surface area contributed by atoms with E-state index in [2.05, 4.69) is 21.4 Å². The zero-order valence-electron chi connectivity index (χ0n) is 8.63. The first-order valence-electron chi connectivity index (χ1n) is 4.51. The van der Waals surface area contributed by atoms with Gasteiger partial charge >= 0.3 is 0 Å². The van der Waals surface area contributed by atoms with Crippen molar-refractivity contribution in [3.05, 3.63) is 34.1 Å². The Morgan fingerprint density at radius 2 is 2.25 bits per heavy atom. The minimum absolute atomic E-state index is 0.193. The Hall–Kier alpha value is -0.980. The van der Waals surface area contributed by atoms with E-state index in [4.69, 9.17) is 9.57 Å². The average Bonchev–Trinajstić information content (AvgIpc) is 2.28. The lowest BCUT2D eigenvalue weighted by atomic mass is 10.2. The summed E-state index contributed by atoms with van der Waals surface area (Å²) in [7, 11) is 1.52. The van der Waals surface area contributed by atoms with Crippen molar-refractivity contribution in [2.75, 3.05) is 20.3 Å². The van der Waals surface area contributed by atoms with Crippen molar-refractivity contribution in [1.29, 1.82) is 0 Å². The molecule has 88 valence electrons. The second kappa shape index (κ2) is 6.57. The largest absolute Gasteiger partial charge is 0.382 e. The van der Waals surface area contributed by atoms with E-state index >= 15 is 0 Å². The molecule has 0 atom stereocenters. The molecular weight excluding hydrogens is 281 g/mol. The van der Waals surface area contributed by atoms with E-state index in [1.807, 2.05) is 0 Å². The molecule has 0 aromatic heterocycles. The molecule has 0 aliphatic carbocycles. The second-order valence-corrected chi connectivity index (χ2v) is 3.76. The van der Waals surface area contributed by atoms with E-state index in [1.165, 1.54) is 19.2 Å². The van der Waals surface area contributed by atoms with Gasteiger partial charge < -0.3 is 4.74 Å². The number of carbonyl (C=O) groups is 1. The van der Waals surface area contributed by atoms with Gasteiger partial charge in [-0.2, -0.15) is 0 Å². The number of hydroxylamine groups is 1. The number of amides is 1. The summed E-state index contributed by atoms with van der Waals surface area (Å²) >= 11 is 3.00. The molecule has 0 fully saturated rings. The second-order valence-electron chi connectivity index (χ2n) is 2.90. The number of halogens is 2. The molecule has 0 saturated heterocycles. The number of carbonyl (C=O) groups excluding carboxylic acids is 1. The smallest absolute Gasteiger partial charge is 0.274 e. The van der Waals surface area contributed by atoms with E-state index in [-0.39, 0.29) is 12.2 Å². The molecule has 0 aliphatic heterocycles. The van der Waals surface area contributed by atoms with E-state index < -0.39 is 11.7 Å². The molecular formula is C10H11BrFNO3. The first-order valence-corrected chi connectivity index (χ1v) is 5.30. The quantitative estimate of drug-likeness (QED) is 0.666. The molecule has 6 heteroatoms. The average molecular weight is 292 g/mol. The Labute approximate surface area is 101 Å². The Morgan fingerprint density at radius 1 is 1.50 bits per heavy atom. The zero-order chi connectivity index (χ0) is 12.0. The summed E-state index contributed by atoms with van der Waals surface area (Å²) in [5.41, 5.74) is 2.37. The number of hydrogen-bond donors (Lipinski definition) is 1. The fraction of sp³-hybridized carbons (Fsp3) is 0.300. The number of rotatable bonds is 5. The van der Waals surface area contributed by atoms with Gasteiger partial charge in [0.15, 0.2) is 0 Å². The van der Waals surface area contributed by atoms with Crippen LogP contribution < -0.4 is 5.48 Å². The molecule has 0 radical (unpaired) electrons. The number of methoxy groups -OCH3 is 1. The van der Waals surface area contributed by atoms with Gasteiger partial charge in [-0.15, -0.1) is 0 Å². The maximum Gasteiger partial charge on any atom is 0.274 e. The highest BCUT2D eigenvalue weighted by molar-refractivity contribution is 9.10. The molecule has 0 heterocycles. The molecule has 1 aromatic rings. The van der Waals surface area contributed by atoms with Crippen LogP contribution in [-0.4, -0.2) is 26.2 Å². The van der Waals surface area contributed by atoms with E-state index in [0.29, 0.717) is 11.1 Å². The SMILES string of the molecule is COCCONC(=O)c1ccc(Br)c(F)c1. The fourth-order valence-electron chi connectivity index (χ4n) is 0.938. The van der Waals surface area contributed by atoms with Gasteiger partial charge in [0, 0.05) is 12.7 Å². The van der Waals surface area contributed by atoms with Crippen molar-refractivity contribution >= 4 is 21.8 Å². The Bertz CT molecular complexity index is 373. The Morgan fingerprint density at radius 3 is 2.88 bits per heavy atom. The molecule has 0 unspecified atom stereocenters. The maximum absolute atomic E-state index is 13.1. The third kappa shape index (κ3) is 3.88. The van der Waals surface area contributed by atoms with Crippen LogP contribution in [-0.2, 0) is 9.57 Å². The summed E-state index contributed by atoms with van der Waals surface area (Å²) in [6.07, 6.45) is 0. The molecule has 0 bridgehead atoms. The van der Waals surface area contributed by atoms with E-state index in [9.17, 15) is 9.18 Å². The molecule has 0 spiro atoms. The molecule has 4 nitrogen and oxygen atoms in total. The molecule has 1 N–H and O–H groups in total. The van der Waals surface area contributed by atoms with Gasteiger partial charge in [-0.25, -0.2) is 9.87 Å². The van der Waals surface area contributed by atoms with Crippen LogP contribution in [0.5, 0.6) is 0 Å². The minimum atomic E-state index is -0.498. The van der Waals surface area contributed by atoms with Gasteiger partial charge in [-0.1, -0.05) is 0 Å². The lowest BCUT2D eigenvalue weighted by molar-refractivity contribution is 0.00886. The van der Waals surface area contributed by atoms with Gasteiger partial charge in [-0.05, 0) is 34.1 Å². The molecule has 1 rings (SSSR count). The summed E-state index contributed by atoms with van der Waals surface area (Å²) in [5, 5.41) is 0. The Balaban J connectivity index is 2.50. The topological polar surface area (TPSA) is 47.6 Å². The summed E-state index contributed by atoms with van der Waals surface area (Å²) in [6, 6.07) is 4.07. The third-order valence-corrected chi connectivity index (χ3v) is 2.38. The summed E-state index contributed by atoms with van der Waals surface area (Å²) in [5.74, 6) is -0.993. The van der Waals surface area contributed by atoms with Gasteiger partial charge in [0.05, 0.1) is 17.7 Å². The predicted molar refractivity (Wildman–Crippen MR) is 59.4 cm³/mol. The summed E-state index contributed by atoms with van der Waals surface area (Å²) in [4.78, 5) is 16.2. The van der Waals surface area contributed by atoms with E-state index in [1.54, 1.807) is 0 Å². The first-order chi connectivity index (χ1) is 7.65. The molecule has 1 amide bonds. The van der Waals surface area contributed by atoms with Gasteiger partial charge in [-0.3, -0.25) is 9.63 Å². The first kappa shape index (κ1) is 13.1. The third-order valence-electron chi connectivity index (χ3n) is 1.74. The summed E-state index contributed by atoms with van der Waals surface area (Å²) < 4.78 is 18.1. The standard InChI is InChI=1S/C10H11BrFNO3/c1-15-4-5-16-13-10(14)7-2-3-8(11)9(12)6-7/h2-3,6H,4-5H2,1H3,(H,13,14). The highest BCUT2D eigenvalue weighted by Crippen LogP contribution is 2.16. The van der Waals surface area contributed by atoms with Crippen LogP contribution in [0.3, 0.4) is 0 Å². The van der Waals surface area contributed by atoms with Crippen LogP contribution in [0.2, 0.25) is 0 Å². The van der Waals surface area contributed by atoms with Crippen LogP contribution in [0.4, 0.5) is 4.39 Å². The fourth-order valence-corrected chi connectivity index (χ4v) is 1.18. The normalized spacial score (nSPS) is 10.2. The predicted octanol–water partition coefficient (Wildman–Crippen LogP) is 1.90. The van der Waals surface area contributed by atoms with Crippen LogP contribution in [0.15, 0.2) is 22.7 Å². The number of ether oxygens (including phenoxy) is 1. The van der Waals surface area contributed by atoms with Crippen molar-refractivity contribution in [1.82, 2.24) is 5.48 Å².